The van der Waals surface area contributed by atoms with Crippen LogP contribution < -0.4 is 10.0 Å². The maximum absolute atomic E-state index is 13.1. The molecular formula is C22H29N3O5S2. The highest BCUT2D eigenvalue weighted by Crippen LogP contribution is 2.27. The van der Waals surface area contributed by atoms with Crippen LogP contribution in [0.5, 0.6) is 0 Å². The fourth-order valence-electron chi connectivity index (χ4n) is 3.82. The van der Waals surface area contributed by atoms with Gasteiger partial charge in [-0.25, -0.2) is 16.8 Å². The van der Waals surface area contributed by atoms with Crippen molar-refractivity contribution in [2.75, 3.05) is 23.3 Å². The maximum Gasteiger partial charge on any atom is 0.255 e. The third-order valence-corrected chi connectivity index (χ3v) is 8.15. The van der Waals surface area contributed by atoms with Gasteiger partial charge in [-0.1, -0.05) is 31.4 Å². The van der Waals surface area contributed by atoms with Crippen molar-refractivity contribution in [3.8, 4) is 0 Å². The average molecular weight is 480 g/mol. The van der Waals surface area contributed by atoms with Crippen molar-refractivity contribution in [3.05, 3.63) is 53.6 Å². The van der Waals surface area contributed by atoms with Crippen LogP contribution in [0.1, 0.15) is 48.0 Å². The molecule has 0 spiro atoms. The Morgan fingerprint density at radius 1 is 1.00 bits per heavy atom. The van der Waals surface area contributed by atoms with Gasteiger partial charge in [0.1, 0.15) is 0 Å². The van der Waals surface area contributed by atoms with Gasteiger partial charge >= 0.3 is 0 Å². The second kappa shape index (κ2) is 9.60. The molecule has 32 heavy (non-hydrogen) atoms. The second-order valence-electron chi connectivity index (χ2n) is 8.20. The van der Waals surface area contributed by atoms with Crippen LogP contribution in [0.2, 0.25) is 0 Å². The van der Waals surface area contributed by atoms with E-state index in [9.17, 15) is 21.6 Å². The van der Waals surface area contributed by atoms with E-state index in [4.69, 9.17) is 0 Å². The van der Waals surface area contributed by atoms with E-state index in [1.165, 1.54) is 22.5 Å². The molecule has 0 aliphatic heterocycles. The van der Waals surface area contributed by atoms with E-state index in [0.29, 0.717) is 16.9 Å². The smallest absolute Gasteiger partial charge is 0.255 e. The van der Waals surface area contributed by atoms with Gasteiger partial charge in [-0.05, 0) is 55.7 Å². The van der Waals surface area contributed by atoms with Gasteiger partial charge in [0.2, 0.25) is 20.0 Å². The summed E-state index contributed by atoms with van der Waals surface area (Å²) in [6.45, 7) is 1.75. The predicted octanol–water partition coefficient (Wildman–Crippen LogP) is 3.57. The first-order valence-electron chi connectivity index (χ1n) is 10.5. The standard InChI is InChI=1S/C22H29N3O5S2/c1-16-12-13-18(15-21(16)24-31(3,27)28)23-22(26)17-8-7-11-20(14-17)32(29,30)25(2)19-9-5-4-6-10-19/h7-8,11-15,19,24H,4-6,9-10H2,1-3H3,(H,23,26). The van der Waals surface area contributed by atoms with E-state index in [1.54, 1.807) is 38.2 Å². The topological polar surface area (TPSA) is 113 Å². The SMILES string of the molecule is Cc1ccc(NC(=O)c2cccc(S(=O)(=O)N(C)C3CCCCC3)c2)cc1NS(C)(=O)=O. The minimum atomic E-state index is -3.72. The van der Waals surface area contributed by atoms with Crippen molar-refractivity contribution in [1.82, 2.24) is 4.31 Å². The van der Waals surface area contributed by atoms with Gasteiger partial charge in [0, 0.05) is 24.3 Å². The number of anilines is 2. The Labute approximate surface area is 190 Å². The third kappa shape index (κ3) is 5.87. The summed E-state index contributed by atoms with van der Waals surface area (Å²) in [7, 11) is -5.60. The quantitative estimate of drug-likeness (QED) is 0.630. The van der Waals surface area contributed by atoms with Crippen molar-refractivity contribution in [3.63, 3.8) is 0 Å². The Morgan fingerprint density at radius 3 is 2.34 bits per heavy atom. The minimum absolute atomic E-state index is 0.0282. The van der Waals surface area contributed by atoms with Crippen molar-refractivity contribution in [2.45, 2.75) is 50.0 Å². The molecule has 10 heteroatoms. The molecule has 1 saturated carbocycles. The minimum Gasteiger partial charge on any atom is -0.322 e. The van der Waals surface area contributed by atoms with Gasteiger partial charge in [0.25, 0.3) is 5.91 Å². The molecule has 3 rings (SSSR count). The number of carbonyl (C=O) groups is 1. The Balaban J connectivity index is 1.80. The lowest BCUT2D eigenvalue weighted by atomic mass is 9.96. The molecule has 0 radical (unpaired) electrons. The van der Waals surface area contributed by atoms with Gasteiger partial charge in [0.15, 0.2) is 0 Å². The number of sulfonamides is 2. The van der Waals surface area contributed by atoms with Crippen LogP contribution in [0.15, 0.2) is 47.4 Å². The van der Waals surface area contributed by atoms with Crippen LogP contribution in [-0.2, 0) is 20.0 Å². The average Bonchev–Trinajstić information content (AvgIpc) is 2.75. The molecule has 1 aliphatic carbocycles. The molecule has 0 saturated heterocycles. The van der Waals surface area contributed by atoms with E-state index in [1.807, 2.05) is 0 Å². The highest BCUT2D eigenvalue weighted by Gasteiger charge is 2.29. The van der Waals surface area contributed by atoms with Crippen LogP contribution in [0.4, 0.5) is 11.4 Å². The second-order valence-corrected chi connectivity index (χ2v) is 11.9. The molecule has 8 nitrogen and oxygen atoms in total. The lowest BCUT2D eigenvalue weighted by molar-refractivity contribution is 0.102. The molecule has 174 valence electrons. The van der Waals surface area contributed by atoms with Gasteiger partial charge in [-0.15, -0.1) is 0 Å². The monoisotopic (exact) mass is 479 g/mol. The Bertz CT molecular complexity index is 1200. The number of nitrogens with one attached hydrogen (secondary N) is 2. The lowest BCUT2D eigenvalue weighted by Crippen LogP contribution is -2.38. The number of aryl methyl sites for hydroxylation is 1. The van der Waals surface area contributed by atoms with Crippen molar-refractivity contribution in [2.24, 2.45) is 0 Å². The summed E-state index contributed by atoms with van der Waals surface area (Å²) in [4.78, 5) is 12.9. The fraction of sp³-hybridized carbons (Fsp3) is 0.409. The molecule has 0 unspecified atom stereocenters. The Hall–Kier alpha value is -2.43. The fourth-order valence-corrected chi connectivity index (χ4v) is 5.90. The van der Waals surface area contributed by atoms with E-state index in [-0.39, 0.29) is 16.5 Å². The molecule has 2 aromatic carbocycles. The number of nitrogens with zero attached hydrogens (tertiary/aromatic N) is 1. The highest BCUT2D eigenvalue weighted by molar-refractivity contribution is 7.92. The molecule has 1 aliphatic rings. The normalized spacial score (nSPS) is 15.5. The van der Waals surface area contributed by atoms with Crippen molar-refractivity contribution < 1.29 is 21.6 Å². The Kier molecular flexibility index (Phi) is 7.26. The van der Waals surface area contributed by atoms with Crippen LogP contribution in [0, 0.1) is 6.92 Å². The van der Waals surface area contributed by atoms with E-state index in [2.05, 4.69) is 10.0 Å². The number of benzene rings is 2. The van der Waals surface area contributed by atoms with E-state index in [0.717, 1.165) is 38.4 Å². The molecule has 0 aromatic heterocycles. The summed E-state index contributed by atoms with van der Waals surface area (Å²) in [5.41, 5.74) is 1.64. The van der Waals surface area contributed by atoms with Gasteiger partial charge < -0.3 is 5.32 Å². The first-order chi connectivity index (χ1) is 15.0. The van der Waals surface area contributed by atoms with Crippen LogP contribution >= 0.6 is 0 Å². The number of amides is 1. The van der Waals surface area contributed by atoms with E-state index >= 15 is 0 Å². The van der Waals surface area contributed by atoms with Crippen LogP contribution in [0.25, 0.3) is 0 Å². The van der Waals surface area contributed by atoms with E-state index < -0.39 is 26.0 Å². The highest BCUT2D eigenvalue weighted by atomic mass is 32.2. The summed E-state index contributed by atoms with van der Waals surface area (Å²) < 4.78 is 53.2. The zero-order chi connectivity index (χ0) is 23.5. The summed E-state index contributed by atoms with van der Waals surface area (Å²) in [5.74, 6) is -0.489. The summed E-state index contributed by atoms with van der Waals surface area (Å²) in [6, 6.07) is 10.8. The molecule has 0 heterocycles. The summed E-state index contributed by atoms with van der Waals surface area (Å²) in [5, 5.41) is 2.70. The lowest BCUT2D eigenvalue weighted by Gasteiger charge is -2.30. The van der Waals surface area contributed by atoms with Crippen LogP contribution in [-0.4, -0.2) is 46.4 Å². The third-order valence-electron chi connectivity index (χ3n) is 5.65. The van der Waals surface area contributed by atoms with Gasteiger partial charge in [-0.2, -0.15) is 4.31 Å². The molecule has 2 N–H and O–H groups in total. The predicted molar refractivity (Wildman–Crippen MR) is 126 cm³/mol. The first-order valence-corrected chi connectivity index (χ1v) is 13.8. The zero-order valence-electron chi connectivity index (χ0n) is 18.5. The number of hydrogen-bond donors (Lipinski definition) is 2. The molecular weight excluding hydrogens is 450 g/mol. The number of carbonyl (C=O) groups excluding carboxylic acids is 1. The van der Waals surface area contributed by atoms with Crippen molar-refractivity contribution >= 4 is 37.3 Å². The van der Waals surface area contributed by atoms with Crippen LogP contribution in [0.3, 0.4) is 0 Å². The Morgan fingerprint density at radius 2 is 1.69 bits per heavy atom. The zero-order valence-corrected chi connectivity index (χ0v) is 20.1. The van der Waals surface area contributed by atoms with Crippen molar-refractivity contribution in [1.29, 1.82) is 0 Å². The van der Waals surface area contributed by atoms with Gasteiger partial charge in [0.05, 0.1) is 16.8 Å². The molecule has 1 amide bonds. The maximum atomic E-state index is 13.1. The number of hydrogen-bond acceptors (Lipinski definition) is 5. The van der Waals surface area contributed by atoms with Gasteiger partial charge in [-0.3, -0.25) is 9.52 Å². The largest absolute Gasteiger partial charge is 0.322 e. The first kappa shape index (κ1) is 24.2. The summed E-state index contributed by atoms with van der Waals surface area (Å²) >= 11 is 0. The molecule has 2 aromatic rings. The molecule has 0 bridgehead atoms. The summed E-state index contributed by atoms with van der Waals surface area (Å²) in [6.07, 6.45) is 5.88. The molecule has 0 atom stereocenters. The molecule has 1 fully saturated rings. The number of rotatable bonds is 7.